The van der Waals surface area contributed by atoms with Gasteiger partial charge in [0.05, 0.1) is 19.1 Å². The summed E-state index contributed by atoms with van der Waals surface area (Å²) in [6.45, 7) is 4.15. The largest absolute Gasteiger partial charge is 0.466 e. The van der Waals surface area contributed by atoms with Crippen molar-refractivity contribution in [1.82, 2.24) is 0 Å². The van der Waals surface area contributed by atoms with Gasteiger partial charge in [-0.1, -0.05) is 36.4 Å². The Labute approximate surface area is 145 Å². The summed E-state index contributed by atoms with van der Waals surface area (Å²) in [7, 11) is 0. The topological polar surface area (TPSA) is 52.6 Å². The number of thioether (sulfide) groups is 1. The smallest absolute Gasteiger partial charge is 0.320 e. The van der Waals surface area contributed by atoms with Crippen LogP contribution in [0.2, 0.25) is 0 Å². The van der Waals surface area contributed by atoms with Crippen LogP contribution in [0.15, 0.2) is 41.3 Å². The molecular weight excluding hydrogens is 324 g/mol. The molecule has 2 aromatic carbocycles. The summed E-state index contributed by atoms with van der Waals surface area (Å²) in [5.74, 6) is -1.19. The van der Waals surface area contributed by atoms with Crippen LogP contribution in [0.1, 0.15) is 19.4 Å². The molecule has 4 nitrogen and oxygen atoms in total. The molecule has 0 fully saturated rings. The van der Waals surface area contributed by atoms with Crippen LogP contribution < -0.4 is 0 Å². The lowest BCUT2D eigenvalue weighted by Gasteiger charge is -2.30. The number of benzene rings is 2. The third kappa shape index (κ3) is 3.13. The molecular formula is C19H20O4S. The normalized spacial score (nSPS) is 19.6. The van der Waals surface area contributed by atoms with E-state index in [0.29, 0.717) is 19.6 Å². The van der Waals surface area contributed by atoms with Gasteiger partial charge in [0.15, 0.2) is 0 Å². The second kappa shape index (κ2) is 7.26. The van der Waals surface area contributed by atoms with Crippen molar-refractivity contribution in [2.24, 2.45) is 5.92 Å². The van der Waals surface area contributed by atoms with Crippen LogP contribution in [0.4, 0.5) is 0 Å². The molecule has 0 N–H and O–H groups in total. The molecule has 126 valence electrons. The fraction of sp³-hybridized carbons (Fsp3) is 0.368. The summed E-state index contributed by atoms with van der Waals surface area (Å²) >= 11 is 1.42. The van der Waals surface area contributed by atoms with Crippen molar-refractivity contribution in [3.05, 3.63) is 42.0 Å². The van der Waals surface area contributed by atoms with Gasteiger partial charge in [-0.3, -0.25) is 9.59 Å². The number of hydrogen-bond acceptors (Lipinski definition) is 5. The SMILES string of the molecule is CCOC(=O)C1Cc2ccc3ccccc3c2S[C@H]1C(=O)OCC. The van der Waals surface area contributed by atoms with Crippen LogP contribution in [0, 0.1) is 5.92 Å². The lowest BCUT2D eigenvalue weighted by molar-refractivity contribution is -0.154. The highest BCUT2D eigenvalue weighted by molar-refractivity contribution is 8.01. The van der Waals surface area contributed by atoms with E-state index in [2.05, 4.69) is 6.07 Å². The Morgan fingerprint density at radius 2 is 1.75 bits per heavy atom. The second-order valence-electron chi connectivity index (χ2n) is 5.63. The minimum absolute atomic E-state index is 0.299. The Morgan fingerprint density at radius 1 is 1.04 bits per heavy atom. The number of carbonyl (C=O) groups is 2. The Bertz CT molecular complexity index is 771. The second-order valence-corrected chi connectivity index (χ2v) is 6.78. The van der Waals surface area contributed by atoms with Crippen molar-refractivity contribution >= 4 is 34.5 Å². The summed E-state index contributed by atoms with van der Waals surface area (Å²) in [4.78, 5) is 25.8. The monoisotopic (exact) mass is 344 g/mol. The van der Waals surface area contributed by atoms with E-state index in [1.165, 1.54) is 11.8 Å². The van der Waals surface area contributed by atoms with Crippen molar-refractivity contribution in [1.29, 1.82) is 0 Å². The number of carbonyl (C=O) groups excluding carboxylic acids is 2. The van der Waals surface area contributed by atoms with E-state index in [4.69, 9.17) is 9.47 Å². The quantitative estimate of drug-likeness (QED) is 0.793. The zero-order chi connectivity index (χ0) is 17.1. The summed E-state index contributed by atoms with van der Waals surface area (Å²) in [6, 6.07) is 12.2. The molecule has 1 unspecified atom stereocenters. The first-order valence-corrected chi connectivity index (χ1v) is 9.04. The van der Waals surface area contributed by atoms with Gasteiger partial charge in [-0.05, 0) is 36.6 Å². The van der Waals surface area contributed by atoms with Crippen molar-refractivity contribution in [2.45, 2.75) is 30.4 Å². The maximum absolute atomic E-state index is 12.4. The molecule has 0 saturated carbocycles. The van der Waals surface area contributed by atoms with Gasteiger partial charge in [-0.25, -0.2) is 0 Å². The number of ether oxygens (including phenoxy) is 2. The lowest BCUT2D eigenvalue weighted by Crippen LogP contribution is -2.38. The third-order valence-corrected chi connectivity index (χ3v) is 5.61. The van der Waals surface area contributed by atoms with Gasteiger partial charge in [-0.15, -0.1) is 11.8 Å². The molecule has 2 atom stereocenters. The highest BCUT2D eigenvalue weighted by atomic mass is 32.2. The average Bonchev–Trinajstić information content (AvgIpc) is 2.61. The van der Waals surface area contributed by atoms with Crippen molar-refractivity contribution in [3.63, 3.8) is 0 Å². The van der Waals surface area contributed by atoms with Crippen molar-refractivity contribution in [3.8, 4) is 0 Å². The zero-order valence-electron chi connectivity index (χ0n) is 13.8. The summed E-state index contributed by atoms with van der Waals surface area (Å²) in [5.41, 5.74) is 1.08. The number of esters is 2. The fourth-order valence-electron chi connectivity index (χ4n) is 3.03. The van der Waals surface area contributed by atoms with E-state index in [1.807, 2.05) is 30.3 Å². The maximum Gasteiger partial charge on any atom is 0.320 e. The predicted molar refractivity (Wildman–Crippen MR) is 94.1 cm³/mol. The molecule has 1 aliphatic heterocycles. The van der Waals surface area contributed by atoms with Crippen LogP contribution in [0.25, 0.3) is 10.8 Å². The Hall–Kier alpha value is -2.01. The van der Waals surface area contributed by atoms with Gasteiger partial charge in [0.2, 0.25) is 0 Å². The molecule has 0 bridgehead atoms. The molecule has 0 radical (unpaired) electrons. The highest BCUT2D eigenvalue weighted by Crippen LogP contribution is 2.43. The van der Waals surface area contributed by atoms with Crippen LogP contribution >= 0.6 is 11.8 Å². The number of hydrogen-bond donors (Lipinski definition) is 0. The van der Waals surface area contributed by atoms with E-state index in [0.717, 1.165) is 21.2 Å². The van der Waals surface area contributed by atoms with E-state index >= 15 is 0 Å². The maximum atomic E-state index is 12.4. The molecule has 24 heavy (non-hydrogen) atoms. The molecule has 0 aromatic heterocycles. The number of rotatable bonds is 4. The van der Waals surface area contributed by atoms with Crippen LogP contribution in [-0.2, 0) is 25.5 Å². The minimum Gasteiger partial charge on any atom is -0.466 e. The van der Waals surface area contributed by atoms with Gasteiger partial charge >= 0.3 is 11.9 Å². The van der Waals surface area contributed by atoms with Gasteiger partial charge in [0, 0.05) is 4.90 Å². The van der Waals surface area contributed by atoms with Gasteiger partial charge in [0.1, 0.15) is 5.25 Å². The Kier molecular flexibility index (Phi) is 5.09. The lowest BCUT2D eigenvalue weighted by atomic mass is 9.93. The fourth-order valence-corrected chi connectivity index (χ4v) is 4.44. The first kappa shape index (κ1) is 16.8. The Balaban J connectivity index is 2.03. The first-order chi connectivity index (χ1) is 11.7. The summed E-state index contributed by atoms with van der Waals surface area (Å²) in [6.07, 6.45) is 0.496. The molecule has 5 heteroatoms. The summed E-state index contributed by atoms with van der Waals surface area (Å²) in [5, 5.41) is 1.67. The van der Waals surface area contributed by atoms with Crippen molar-refractivity contribution < 1.29 is 19.1 Å². The van der Waals surface area contributed by atoms with E-state index in [9.17, 15) is 9.59 Å². The number of fused-ring (bicyclic) bond motifs is 3. The van der Waals surface area contributed by atoms with Crippen LogP contribution in [-0.4, -0.2) is 30.4 Å². The minimum atomic E-state index is -0.567. The van der Waals surface area contributed by atoms with Crippen LogP contribution in [0.5, 0.6) is 0 Å². The third-order valence-electron chi connectivity index (χ3n) is 4.12. The Morgan fingerprint density at radius 3 is 2.50 bits per heavy atom. The zero-order valence-corrected chi connectivity index (χ0v) is 14.6. The highest BCUT2D eigenvalue weighted by Gasteiger charge is 2.41. The molecule has 0 aliphatic carbocycles. The molecule has 1 aliphatic rings. The van der Waals surface area contributed by atoms with E-state index < -0.39 is 11.2 Å². The van der Waals surface area contributed by atoms with Gasteiger partial charge in [-0.2, -0.15) is 0 Å². The summed E-state index contributed by atoms with van der Waals surface area (Å²) < 4.78 is 10.4. The molecule has 3 rings (SSSR count). The van der Waals surface area contributed by atoms with Crippen LogP contribution in [0.3, 0.4) is 0 Å². The standard InChI is InChI=1S/C19H20O4S/c1-3-22-18(20)15-11-13-10-9-12-7-5-6-8-14(12)16(13)24-17(15)19(21)23-4-2/h5-10,15,17H,3-4,11H2,1-2H3/t15?,17-/m1/s1. The molecule has 0 saturated heterocycles. The van der Waals surface area contributed by atoms with E-state index in [-0.39, 0.29) is 11.9 Å². The molecule has 0 spiro atoms. The predicted octanol–water partition coefficient (Wildman–Crippen LogP) is 3.60. The first-order valence-electron chi connectivity index (χ1n) is 8.16. The van der Waals surface area contributed by atoms with E-state index in [1.54, 1.807) is 13.8 Å². The molecule has 0 amide bonds. The van der Waals surface area contributed by atoms with Gasteiger partial charge in [0.25, 0.3) is 0 Å². The molecule has 2 aromatic rings. The average molecular weight is 344 g/mol. The van der Waals surface area contributed by atoms with Crippen molar-refractivity contribution in [2.75, 3.05) is 13.2 Å². The molecule has 1 heterocycles. The van der Waals surface area contributed by atoms with Gasteiger partial charge < -0.3 is 9.47 Å².